The third-order valence-corrected chi connectivity index (χ3v) is 4.61. The average molecular weight is 360 g/mol. The van der Waals surface area contributed by atoms with Crippen molar-refractivity contribution in [2.75, 3.05) is 37.6 Å². The van der Waals surface area contributed by atoms with Crippen molar-refractivity contribution in [3.05, 3.63) is 59.1 Å². The van der Waals surface area contributed by atoms with Crippen LogP contribution in [0.25, 0.3) is 0 Å². The molecule has 2 N–H and O–H groups in total. The Hall–Kier alpha value is -2.24. The number of benzene rings is 2. The van der Waals surface area contributed by atoms with Gasteiger partial charge in [-0.25, -0.2) is 0 Å². The van der Waals surface area contributed by atoms with Gasteiger partial charge in [0.2, 0.25) is 5.91 Å². The summed E-state index contributed by atoms with van der Waals surface area (Å²) < 4.78 is 0. The molecule has 1 aliphatic heterocycles. The van der Waals surface area contributed by atoms with Gasteiger partial charge in [0.05, 0.1) is 6.54 Å². The Labute approximate surface area is 152 Å². The van der Waals surface area contributed by atoms with Gasteiger partial charge in [0.1, 0.15) is 5.75 Å². The lowest BCUT2D eigenvalue weighted by Gasteiger charge is -2.35. The zero-order valence-corrected chi connectivity index (χ0v) is 14.7. The molecule has 0 saturated carbocycles. The monoisotopic (exact) mass is 359 g/mol. The van der Waals surface area contributed by atoms with Gasteiger partial charge in [0.15, 0.2) is 0 Å². The largest absolute Gasteiger partial charge is 0.508 e. The fourth-order valence-corrected chi connectivity index (χ4v) is 3.02. The van der Waals surface area contributed by atoms with E-state index in [4.69, 9.17) is 11.6 Å². The number of aromatic hydroxyl groups is 1. The molecular formula is C19H22ClN3O2. The molecule has 0 bridgehead atoms. The van der Waals surface area contributed by atoms with Crippen molar-refractivity contribution in [3.8, 4) is 5.75 Å². The van der Waals surface area contributed by atoms with E-state index in [0.717, 1.165) is 37.4 Å². The highest BCUT2D eigenvalue weighted by atomic mass is 35.5. The number of rotatable bonds is 5. The second-order valence-electron chi connectivity index (χ2n) is 6.18. The lowest BCUT2D eigenvalue weighted by atomic mass is 10.2. The summed E-state index contributed by atoms with van der Waals surface area (Å²) in [5.41, 5.74) is 2.14. The first-order valence-electron chi connectivity index (χ1n) is 8.37. The molecule has 5 nitrogen and oxygen atoms in total. The zero-order valence-electron chi connectivity index (χ0n) is 14.0. The van der Waals surface area contributed by atoms with Gasteiger partial charge in [-0.2, -0.15) is 0 Å². The molecule has 0 radical (unpaired) electrons. The molecule has 0 aliphatic carbocycles. The van der Waals surface area contributed by atoms with Crippen molar-refractivity contribution in [1.29, 1.82) is 0 Å². The normalized spacial score (nSPS) is 15.2. The fraction of sp³-hybridized carbons (Fsp3) is 0.316. The minimum atomic E-state index is 0.0352. The molecule has 1 saturated heterocycles. The molecule has 0 unspecified atom stereocenters. The number of carbonyl (C=O) groups is 1. The van der Waals surface area contributed by atoms with Crippen molar-refractivity contribution in [2.24, 2.45) is 0 Å². The standard InChI is InChI=1S/C19H22ClN3O2/c20-16-3-1-15(2-4-16)13-21-19(25)14-22-9-11-23(12-10-22)17-5-7-18(24)8-6-17/h1-8,24H,9-14H2,(H,21,25). The van der Waals surface area contributed by atoms with Crippen LogP contribution in [0.5, 0.6) is 5.75 Å². The van der Waals surface area contributed by atoms with Crippen LogP contribution in [-0.2, 0) is 11.3 Å². The Morgan fingerprint density at radius 3 is 2.28 bits per heavy atom. The number of carbonyl (C=O) groups excluding carboxylic acids is 1. The Kier molecular flexibility index (Phi) is 5.79. The van der Waals surface area contributed by atoms with Crippen LogP contribution in [0, 0.1) is 0 Å². The van der Waals surface area contributed by atoms with Crippen LogP contribution < -0.4 is 10.2 Å². The number of hydrogen-bond acceptors (Lipinski definition) is 4. The summed E-state index contributed by atoms with van der Waals surface area (Å²) in [6.07, 6.45) is 0. The molecule has 2 aromatic carbocycles. The summed E-state index contributed by atoms with van der Waals surface area (Å²) in [6.45, 7) is 4.36. The van der Waals surface area contributed by atoms with Crippen molar-refractivity contribution in [2.45, 2.75) is 6.54 Å². The third-order valence-electron chi connectivity index (χ3n) is 4.36. The Bertz CT molecular complexity index is 696. The number of anilines is 1. The molecule has 1 heterocycles. The summed E-state index contributed by atoms with van der Waals surface area (Å²) in [6, 6.07) is 14.7. The number of phenols is 1. The van der Waals surface area contributed by atoms with Gasteiger partial charge in [-0.1, -0.05) is 23.7 Å². The van der Waals surface area contributed by atoms with E-state index in [2.05, 4.69) is 15.1 Å². The van der Waals surface area contributed by atoms with Gasteiger partial charge in [-0.05, 0) is 42.0 Å². The van der Waals surface area contributed by atoms with E-state index in [1.807, 2.05) is 36.4 Å². The molecule has 132 valence electrons. The summed E-state index contributed by atoms with van der Waals surface area (Å²) in [4.78, 5) is 16.5. The highest BCUT2D eigenvalue weighted by molar-refractivity contribution is 6.30. The van der Waals surface area contributed by atoms with Crippen molar-refractivity contribution >= 4 is 23.2 Å². The number of amides is 1. The molecule has 1 amide bonds. The van der Waals surface area contributed by atoms with E-state index < -0.39 is 0 Å². The molecule has 25 heavy (non-hydrogen) atoms. The molecule has 3 rings (SSSR count). The van der Waals surface area contributed by atoms with Crippen LogP contribution in [-0.4, -0.2) is 48.6 Å². The molecule has 0 spiro atoms. The van der Waals surface area contributed by atoms with Crippen LogP contribution >= 0.6 is 11.6 Å². The Morgan fingerprint density at radius 2 is 1.64 bits per heavy atom. The lowest BCUT2D eigenvalue weighted by molar-refractivity contribution is -0.122. The maximum Gasteiger partial charge on any atom is 0.234 e. The lowest BCUT2D eigenvalue weighted by Crippen LogP contribution is -2.49. The molecule has 1 fully saturated rings. The molecule has 1 aliphatic rings. The number of nitrogens with zero attached hydrogens (tertiary/aromatic N) is 2. The van der Waals surface area contributed by atoms with Gasteiger partial charge in [-0.15, -0.1) is 0 Å². The molecule has 2 aromatic rings. The van der Waals surface area contributed by atoms with Crippen molar-refractivity contribution in [3.63, 3.8) is 0 Å². The first-order chi connectivity index (χ1) is 12.1. The third kappa shape index (κ3) is 5.11. The second kappa shape index (κ2) is 8.23. The summed E-state index contributed by atoms with van der Waals surface area (Å²) in [7, 11) is 0. The van der Waals surface area contributed by atoms with Gasteiger partial charge in [-0.3, -0.25) is 9.69 Å². The van der Waals surface area contributed by atoms with Gasteiger partial charge in [0, 0.05) is 43.4 Å². The van der Waals surface area contributed by atoms with Crippen LogP contribution in [0.15, 0.2) is 48.5 Å². The molecule has 6 heteroatoms. The highest BCUT2D eigenvalue weighted by Crippen LogP contribution is 2.19. The first kappa shape index (κ1) is 17.6. The van der Waals surface area contributed by atoms with Crippen molar-refractivity contribution < 1.29 is 9.90 Å². The first-order valence-corrected chi connectivity index (χ1v) is 8.75. The minimum absolute atomic E-state index is 0.0352. The number of halogens is 1. The maximum atomic E-state index is 12.1. The molecule has 0 aromatic heterocycles. The van der Waals surface area contributed by atoms with E-state index in [-0.39, 0.29) is 11.7 Å². The smallest absolute Gasteiger partial charge is 0.234 e. The minimum Gasteiger partial charge on any atom is -0.508 e. The van der Waals surface area contributed by atoms with Crippen LogP contribution in [0.3, 0.4) is 0 Å². The number of hydrogen-bond donors (Lipinski definition) is 2. The molecule has 0 atom stereocenters. The van der Waals surface area contributed by atoms with Crippen LogP contribution in [0.2, 0.25) is 5.02 Å². The van der Waals surface area contributed by atoms with E-state index >= 15 is 0 Å². The Morgan fingerprint density at radius 1 is 1.00 bits per heavy atom. The van der Waals surface area contributed by atoms with E-state index in [9.17, 15) is 9.90 Å². The second-order valence-corrected chi connectivity index (χ2v) is 6.62. The number of nitrogens with one attached hydrogen (secondary N) is 1. The van der Waals surface area contributed by atoms with E-state index in [1.54, 1.807) is 12.1 Å². The predicted molar refractivity (Wildman–Crippen MR) is 100 cm³/mol. The molecular weight excluding hydrogens is 338 g/mol. The summed E-state index contributed by atoms with van der Waals surface area (Å²) in [5.74, 6) is 0.313. The van der Waals surface area contributed by atoms with E-state index in [1.165, 1.54) is 0 Å². The summed E-state index contributed by atoms with van der Waals surface area (Å²) >= 11 is 5.86. The van der Waals surface area contributed by atoms with Crippen molar-refractivity contribution in [1.82, 2.24) is 10.2 Å². The highest BCUT2D eigenvalue weighted by Gasteiger charge is 2.19. The predicted octanol–water partition coefficient (Wildman–Crippen LogP) is 2.48. The van der Waals surface area contributed by atoms with Gasteiger partial charge >= 0.3 is 0 Å². The summed E-state index contributed by atoms with van der Waals surface area (Å²) in [5, 5.41) is 13.0. The number of piperazine rings is 1. The quantitative estimate of drug-likeness (QED) is 0.861. The SMILES string of the molecule is O=C(CN1CCN(c2ccc(O)cc2)CC1)NCc1ccc(Cl)cc1. The maximum absolute atomic E-state index is 12.1. The zero-order chi connectivity index (χ0) is 17.6. The van der Waals surface area contributed by atoms with Crippen LogP contribution in [0.1, 0.15) is 5.56 Å². The van der Waals surface area contributed by atoms with Gasteiger partial charge < -0.3 is 15.3 Å². The topological polar surface area (TPSA) is 55.8 Å². The Balaban J connectivity index is 1.41. The fourth-order valence-electron chi connectivity index (χ4n) is 2.89. The van der Waals surface area contributed by atoms with Crippen LogP contribution in [0.4, 0.5) is 5.69 Å². The van der Waals surface area contributed by atoms with Gasteiger partial charge in [0.25, 0.3) is 0 Å². The number of phenolic OH excluding ortho intramolecular Hbond substituents is 1. The van der Waals surface area contributed by atoms with E-state index in [0.29, 0.717) is 18.1 Å². The average Bonchev–Trinajstić information content (AvgIpc) is 2.63.